The van der Waals surface area contributed by atoms with Gasteiger partial charge < -0.3 is 4.57 Å². The van der Waals surface area contributed by atoms with Gasteiger partial charge in [-0.2, -0.15) is 0 Å². The molecule has 0 unspecified atom stereocenters. The summed E-state index contributed by atoms with van der Waals surface area (Å²) in [7, 11) is 2.02. The maximum atomic E-state index is 4.48. The minimum Gasteiger partial charge on any atom is -0.334 e. The molecule has 2 nitrogen and oxygen atoms in total. The van der Waals surface area contributed by atoms with Crippen LogP contribution in [0.2, 0.25) is 0 Å². The first-order valence-electron chi connectivity index (χ1n) is 5.41. The Morgan fingerprint density at radius 1 is 1.60 bits per heavy atom. The lowest BCUT2D eigenvalue weighted by atomic mass is 10.1. The smallest absolute Gasteiger partial charge is 0.135 e. The number of hydrogen-bond donors (Lipinski definition) is 0. The Balaban J connectivity index is 2.88. The summed E-state index contributed by atoms with van der Waals surface area (Å²) < 4.78 is 2.06. The quantitative estimate of drug-likeness (QED) is 0.686. The maximum absolute atomic E-state index is 4.48. The van der Waals surface area contributed by atoms with Gasteiger partial charge in [0.1, 0.15) is 5.82 Å². The maximum Gasteiger partial charge on any atom is 0.135 e. The molecule has 2 heteroatoms. The Morgan fingerprint density at radius 2 is 2.27 bits per heavy atom. The fraction of sp³-hybridized carbons (Fsp3) is 0.462. The van der Waals surface area contributed by atoms with E-state index in [-0.39, 0.29) is 0 Å². The van der Waals surface area contributed by atoms with Crippen molar-refractivity contribution in [2.45, 2.75) is 33.6 Å². The van der Waals surface area contributed by atoms with E-state index in [1.807, 2.05) is 20.2 Å². The van der Waals surface area contributed by atoms with Crippen molar-refractivity contribution in [3.63, 3.8) is 0 Å². The van der Waals surface area contributed by atoms with E-state index in [0.29, 0.717) is 0 Å². The van der Waals surface area contributed by atoms with Gasteiger partial charge >= 0.3 is 0 Å². The molecule has 0 aromatic carbocycles. The van der Waals surface area contributed by atoms with Crippen molar-refractivity contribution in [2.24, 2.45) is 7.05 Å². The number of rotatable bonds is 4. The standard InChI is InChI=1S/C13H20N2/c1-6-7-10(2)8-11(3)13-14-12(4)9-15(13)5/h8-9H,2,6-7H2,1,3-5H3/b11-8-. The molecular formula is C13H20N2. The molecule has 0 aliphatic rings. The predicted molar refractivity (Wildman–Crippen MR) is 65.6 cm³/mol. The Bertz CT molecular complexity index is 383. The second kappa shape index (κ2) is 4.96. The molecule has 1 aromatic rings. The average Bonchev–Trinajstić information content (AvgIpc) is 2.45. The molecule has 1 aromatic heterocycles. The van der Waals surface area contributed by atoms with E-state index in [9.17, 15) is 0 Å². The molecule has 0 amide bonds. The molecule has 15 heavy (non-hydrogen) atoms. The summed E-state index contributed by atoms with van der Waals surface area (Å²) in [6, 6.07) is 0. The second-order valence-electron chi connectivity index (χ2n) is 4.05. The largest absolute Gasteiger partial charge is 0.334 e. The van der Waals surface area contributed by atoms with Crippen LogP contribution in [0, 0.1) is 6.92 Å². The van der Waals surface area contributed by atoms with Gasteiger partial charge in [-0.1, -0.05) is 31.6 Å². The zero-order chi connectivity index (χ0) is 11.4. The van der Waals surface area contributed by atoms with Gasteiger partial charge in [-0.3, -0.25) is 0 Å². The lowest BCUT2D eigenvalue weighted by Gasteiger charge is -2.03. The summed E-state index contributed by atoms with van der Waals surface area (Å²) in [5.74, 6) is 1.03. The van der Waals surface area contributed by atoms with Crippen LogP contribution in [0.4, 0.5) is 0 Å². The summed E-state index contributed by atoms with van der Waals surface area (Å²) in [5.41, 5.74) is 3.42. The molecule has 0 aliphatic heterocycles. The summed E-state index contributed by atoms with van der Waals surface area (Å²) in [5, 5.41) is 0. The third kappa shape index (κ3) is 3.08. The monoisotopic (exact) mass is 204 g/mol. The highest BCUT2D eigenvalue weighted by atomic mass is 15.0. The highest BCUT2D eigenvalue weighted by Crippen LogP contribution is 2.16. The molecule has 0 fully saturated rings. The predicted octanol–water partition coefficient (Wildman–Crippen LogP) is 3.49. The van der Waals surface area contributed by atoms with Crippen LogP contribution >= 0.6 is 0 Å². The van der Waals surface area contributed by atoms with E-state index >= 15 is 0 Å². The SMILES string of the molecule is C=C(/C=C(/C)c1nc(C)cn1C)CCC. The fourth-order valence-corrected chi connectivity index (χ4v) is 1.75. The van der Waals surface area contributed by atoms with Crippen LogP contribution in [-0.2, 0) is 7.05 Å². The van der Waals surface area contributed by atoms with E-state index in [2.05, 4.69) is 36.1 Å². The van der Waals surface area contributed by atoms with Crippen LogP contribution in [0.3, 0.4) is 0 Å². The van der Waals surface area contributed by atoms with Crippen LogP contribution in [0.25, 0.3) is 5.57 Å². The third-order valence-electron chi connectivity index (χ3n) is 2.34. The lowest BCUT2D eigenvalue weighted by Crippen LogP contribution is -1.94. The molecule has 0 bridgehead atoms. The van der Waals surface area contributed by atoms with Crippen molar-refractivity contribution >= 4 is 5.57 Å². The number of allylic oxidation sites excluding steroid dienone is 3. The molecule has 82 valence electrons. The molecule has 1 rings (SSSR count). The van der Waals surface area contributed by atoms with Crippen LogP contribution in [-0.4, -0.2) is 9.55 Å². The van der Waals surface area contributed by atoms with Gasteiger partial charge in [-0.05, 0) is 25.8 Å². The van der Waals surface area contributed by atoms with Crippen molar-refractivity contribution in [2.75, 3.05) is 0 Å². The Labute approximate surface area is 92.3 Å². The molecule has 0 radical (unpaired) electrons. The van der Waals surface area contributed by atoms with Gasteiger partial charge in [0.15, 0.2) is 0 Å². The van der Waals surface area contributed by atoms with Gasteiger partial charge in [0.05, 0.1) is 5.69 Å². The van der Waals surface area contributed by atoms with E-state index in [0.717, 1.165) is 24.4 Å². The van der Waals surface area contributed by atoms with Gasteiger partial charge in [-0.25, -0.2) is 4.98 Å². The van der Waals surface area contributed by atoms with Gasteiger partial charge in [0.25, 0.3) is 0 Å². The van der Waals surface area contributed by atoms with E-state index in [4.69, 9.17) is 0 Å². The average molecular weight is 204 g/mol. The van der Waals surface area contributed by atoms with Crippen molar-refractivity contribution in [3.05, 3.63) is 35.9 Å². The van der Waals surface area contributed by atoms with Crippen molar-refractivity contribution in [3.8, 4) is 0 Å². The number of hydrogen-bond acceptors (Lipinski definition) is 1. The van der Waals surface area contributed by atoms with Crippen LogP contribution in [0.5, 0.6) is 0 Å². The molecule has 0 N–H and O–H groups in total. The summed E-state index contributed by atoms with van der Waals surface area (Å²) in [6.45, 7) is 10.3. The van der Waals surface area contributed by atoms with Gasteiger partial charge in [-0.15, -0.1) is 0 Å². The first-order chi connectivity index (χ1) is 7.04. The lowest BCUT2D eigenvalue weighted by molar-refractivity contribution is 0.886. The molecular weight excluding hydrogens is 184 g/mol. The van der Waals surface area contributed by atoms with Gasteiger partial charge in [0.2, 0.25) is 0 Å². The number of aromatic nitrogens is 2. The third-order valence-corrected chi connectivity index (χ3v) is 2.34. The van der Waals surface area contributed by atoms with Crippen LogP contribution in [0.15, 0.2) is 24.4 Å². The van der Waals surface area contributed by atoms with Crippen molar-refractivity contribution < 1.29 is 0 Å². The summed E-state index contributed by atoms with van der Waals surface area (Å²) >= 11 is 0. The Kier molecular flexibility index (Phi) is 3.89. The van der Waals surface area contributed by atoms with Crippen LogP contribution in [0.1, 0.15) is 38.2 Å². The topological polar surface area (TPSA) is 17.8 Å². The molecule has 0 aliphatic carbocycles. The van der Waals surface area contributed by atoms with E-state index in [1.54, 1.807) is 0 Å². The highest BCUT2D eigenvalue weighted by Gasteiger charge is 2.04. The highest BCUT2D eigenvalue weighted by molar-refractivity contribution is 5.61. The van der Waals surface area contributed by atoms with Gasteiger partial charge in [0, 0.05) is 13.2 Å². The number of nitrogens with zero attached hydrogens (tertiary/aromatic N) is 2. The minimum atomic E-state index is 1.03. The summed E-state index contributed by atoms with van der Waals surface area (Å²) in [4.78, 5) is 4.48. The zero-order valence-corrected chi connectivity index (χ0v) is 10.2. The minimum absolute atomic E-state index is 1.03. The first kappa shape index (κ1) is 11.8. The van der Waals surface area contributed by atoms with E-state index < -0.39 is 0 Å². The van der Waals surface area contributed by atoms with E-state index in [1.165, 1.54) is 11.1 Å². The number of imidazole rings is 1. The molecule has 1 heterocycles. The van der Waals surface area contributed by atoms with Crippen molar-refractivity contribution in [1.82, 2.24) is 9.55 Å². The van der Waals surface area contributed by atoms with Crippen molar-refractivity contribution in [1.29, 1.82) is 0 Å². The second-order valence-corrected chi connectivity index (χ2v) is 4.05. The molecule has 0 saturated carbocycles. The number of aryl methyl sites for hydroxylation is 2. The molecule has 0 atom stereocenters. The molecule has 0 spiro atoms. The Morgan fingerprint density at radius 3 is 2.73 bits per heavy atom. The summed E-state index contributed by atoms with van der Waals surface area (Å²) in [6.07, 6.45) is 6.36. The zero-order valence-electron chi connectivity index (χ0n) is 10.2. The molecule has 0 saturated heterocycles. The Hall–Kier alpha value is -1.31. The first-order valence-corrected chi connectivity index (χ1v) is 5.41. The van der Waals surface area contributed by atoms with Crippen LogP contribution < -0.4 is 0 Å². The fourth-order valence-electron chi connectivity index (χ4n) is 1.75. The normalized spacial score (nSPS) is 11.9.